The number of nitrogens with zero attached hydrogens (tertiary/aromatic N) is 3. The predicted octanol–water partition coefficient (Wildman–Crippen LogP) is 2.89. The molecule has 106 valence electrons. The summed E-state index contributed by atoms with van der Waals surface area (Å²) in [4.78, 5) is 11.8. The summed E-state index contributed by atoms with van der Waals surface area (Å²) in [5, 5.41) is 3.20. The van der Waals surface area contributed by atoms with Crippen molar-refractivity contribution in [1.82, 2.24) is 9.97 Å². The minimum Gasteiger partial charge on any atom is -0.373 e. The van der Waals surface area contributed by atoms with Crippen LogP contribution < -0.4 is 10.2 Å². The van der Waals surface area contributed by atoms with E-state index in [2.05, 4.69) is 36.0 Å². The van der Waals surface area contributed by atoms with E-state index < -0.39 is 0 Å². The third-order valence-electron chi connectivity index (χ3n) is 3.41. The number of anilines is 2. The highest BCUT2D eigenvalue weighted by Gasteiger charge is 2.18. The second-order valence-corrected chi connectivity index (χ2v) is 6.46. The Morgan fingerprint density at radius 2 is 2.00 bits per heavy atom. The average molecular weight is 280 g/mol. The maximum Gasteiger partial charge on any atom is 0.137 e. The first-order valence-corrected chi connectivity index (χ1v) is 8.18. The Bertz CT molecular complexity index is 426. The van der Waals surface area contributed by atoms with E-state index in [0.717, 1.165) is 30.5 Å². The lowest BCUT2D eigenvalue weighted by Gasteiger charge is -2.25. The summed E-state index contributed by atoms with van der Waals surface area (Å²) in [5.41, 5.74) is 1.17. The molecule has 1 N–H and O–H groups in total. The van der Waals surface area contributed by atoms with Crippen molar-refractivity contribution in [1.29, 1.82) is 0 Å². The van der Waals surface area contributed by atoms with Crippen LogP contribution in [0.4, 0.5) is 11.6 Å². The smallest absolute Gasteiger partial charge is 0.137 e. The summed E-state index contributed by atoms with van der Waals surface area (Å²) in [6.07, 6.45) is 1.24. The fourth-order valence-electron chi connectivity index (χ4n) is 2.29. The molecule has 1 aliphatic heterocycles. The summed E-state index contributed by atoms with van der Waals surface area (Å²) >= 11 is 2.04. The summed E-state index contributed by atoms with van der Waals surface area (Å²) in [6.45, 7) is 8.59. The van der Waals surface area contributed by atoms with Gasteiger partial charge in [-0.3, -0.25) is 0 Å². The first-order chi connectivity index (χ1) is 9.13. The van der Waals surface area contributed by atoms with E-state index in [0.29, 0.717) is 5.92 Å². The highest BCUT2D eigenvalue weighted by Crippen LogP contribution is 2.27. The quantitative estimate of drug-likeness (QED) is 0.922. The number of thioether (sulfide) groups is 1. The van der Waals surface area contributed by atoms with Crippen LogP contribution in [-0.2, 0) is 0 Å². The second-order valence-electron chi connectivity index (χ2n) is 5.24. The van der Waals surface area contributed by atoms with Gasteiger partial charge < -0.3 is 10.2 Å². The maximum atomic E-state index is 4.81. The van der Waals surface area contributed by atoms with Crippen LogP contribution in [0.25, 0.3) is 0 Å². The standard InChI is InChI=1S/C14H24N4S/c1-10(2)12-16-13(15-4)11(3)14(17-12)18-6-5-8-19-9-7-18/h10H,5-9H2,1-4H3,(H,15,16,17). The molecule has 0 amide bonds. The normalized spacial score (nSPS) is 16.6. The van der Waals surface area contributed by atoms with Crippen LogP contribution in [0.15, 0.2) is 0 Å². The van der Waals surface area contributed by atoms with Crippen LogP contribution >= 0.6 is 11.8 Å². The van der Waals surface area contributed by atoms with Crippen LogP contribution in [0.1, 0.15) is 37.6 Å². The zero-order chi connectivity index (χ0) is 13.8. The van der Waals surface area contributed by atoms with Crippen LogP contribution in [-0.4, -0.2) is 41.6 Å². The van der Waals surface area contributed by atoms with Gasteiger partial charge in [0.1, 0.15) is 17.5 Å². The van der Waals surface area contributed by atoms with Crippen molar-refractivity contribution in [3.05, 3.63) is 11.4 Å². The third-order valence-corrected chi connectivity index (χ3v) is 4.46. The molecule has 0 spiro atoms. The van der Waals surface area contributed by atoms with Gasteiger partial charge in [-0.05, 0) is 19.1 Å². The monoisotopic (exact) mass is 280 g/mol. The van der Waals surface area contributed by atoms with Crippen molar-refractivity contribution >= 4 is 23.4 Å². The van der Waals surface area contributed by atoms with Gasteiger partial charge in [0.15, 0.2) is 0 Å². The number of rotatable bonds is 3. The molecule has 2 rings (SSSR count). The predicted molar refractivity (Wildman–Crippen MR) is 84.6 cm³/mol. The molecular weight excluding hydrogens is 256 g/mol. The van der Waals surface area contributed by atoms with Gasteiger partial charge in [-0.25, -0.2) is 9.97 Å². The molecule has 0 radical (unpaired) electrons. The zero-order valence-corrected chi connectivity index (χ0v) is 13.2. The van der Waals surface area contributed by atoms with E-state index in [4.69, 9.17) is 4.98 Å². The number of aromatic nitrogens is 2. The van der Waals surface area contributed by atoms with Gasteiger partial charge in [-0.2, -0.15) is 11.8 Å². The number of nitrogens with one attached hydrogen (secondary N) is 1. The summed E-state index contributed by atoms with van der Waals surface area (Å²) in [5.74, 6) is 5.82. The molecule has 0 aromatic carbocycles. The first kappa shape index (κ1) is 14.4. The Balaban J connectivity index is 2.38. The van der Waals surface area contributed by atoms with E-state index in [1.807, 2.05) is 18.8 Å². The van der Waals surface area contributed by atoms with E-state index in [1.165, 1.54) is 23.5 Å². The van der Waals surface area contributed by atoms with Gasteiger partial charge in [-0.15, -0.1) is 0 Å². The fraction of sp³-hybridized carbons (Fsp3) is 0.714. The van der Waals surface area contributed by atoms with Crippen molar-refractivity contribution in [3.63, 3.8) is 0 Å². The second kappa shape index (κ2) is 6.46. The molecular formula is C14H24N4S. The molecule has 19 heavy (non-hydrogen) atoms. The number of hydrogen-bond donors (Lipinski definition) is 1. The maximum absolute atomic E-state index is 4.81. The summed E-state index contributed by atoms with van der Waals surface area (Å²) in [6, 6.07) is 0. The number of hydrogen-bond acceptors (Lipinski definition) is 5. The van der Waals surface area contributed by atoms with Crippen molar-refractivity contribution in [3.8, 4) is 0 Å². The van der Waals surface area contributed by atoms with Crippen LogP contribution in [0.3, 0.4) is 0 Å². The van der Waals surface area contributed by atoms with Crippen LogP contribution in [0, 0.1) is 6.92 Å². The van der Waals surface area contributed by atoms with Crippen molar-refractivity contribution in [2.24, 2.45) is 0 Å². The van der Waals surface area contributed by atoms with E-state index in [-0.39, 0.29) is 0 Å². The summed E-state index contributed by atoms with van der Waals surface area (Å²) in [7, 11) is 1.93. The van der Waals surface area contributed by atoms with E-state index in [1.54, 1.807) is 0 Å². The largest absolute Gasteiger partial charge is 0.373 e. The Hall–Kier alpha value is -0.970. The fourth-order valence-corrected chi connectivity index (χ4v) is 3.18. The molecule has 1 aromatic rings. The van der Waals surface area contributed by atoms with Gasteiger partial charge >= 0.3 is 0 Å². The molecule has 2 heterocycles. The van der Waals surface area contributed by atoms with E-state index in [9.17, 15) is 0 Å². The lowest BCUT2D eigenvalue weighted by molar-refractivity contribution is 0.743. The minimum absolute atomic E-state index is 0.354. The molecule has 0 aliphatic carbocycles. The topological polar surface area (TPSA) is 41.1 Å². The Morgan fingerprint density at radius 1 is 1.21 bits per heavy atom. The molecule has 1 aliphatic rings. The molecule has 5 heteroatoms. The minimum atomic E-state index is 0.354. The van der Waals surface area contributed by atoms with Gasteiger partial charge in [0.25, 0.3) is 0 Å². The molecule has 0 bridgehead atoms. The van der Waals surface area contributed by atoms with Crippen molar-refractivity contribution in [2.45, 2.75) is 33.1 Å². The Kier molecular flexibility index (Phi) is 4.91. The highest BCUT2D eigenvalue weighted by atomic mass is 32.2. The SMILES string of the molecule is CNc1nc(C(C)C)nc(N2CCCSCC2)c1C. The van der Waals surface area contributed by atoms with E-state index >= 15 is 0 Å². The highest BCUT2D eigenvalue weighted by molar-refractivity contribution is 7.99. The molecule has 0 unspecified atom stereocenters. The van der Waals surface area contributed by atoms with Crippen molar-refractivity contribution in [2.75, 3.05) is 41.9 Å². The van der Waals surface area contributed by atoms with Gasteiger partial charge in [0, 0.05) is 37.4 Å². The van der Waals surface area contributed by atoms with Crippen LogP contribution in [0.2, 0.25) is 0 Å². The molecule has 0 saturated carbocycles. The lowest BCUT2D eigenvalue weighted by atomic mass is 10.2. The molecule has 0 atom stereocenters. The first-order valence-electron chi connectivity index (χ1n) is 7.02. The van der Waals surface area contributed by atoms with Gasteiger partial charge in [0.2, 0.25) is 0 Å². The van der Waals surface area contributed by atoms with Crippen molar-refractivity contribution < 1.29 is 0 Å². The molecule has 1 aromatic heterocycles. The molecule has 1 saturated heterocycles. The molecule has 4 nitrogen and oxygen atoms in total. The molecule has 1 fully saturated rings. The van der Waals surface area contributed by atoms with Gasteiger partial charge in [-0.1, -0.05) is 13.8 Å². The van der Waals surface area contributed by atoms with Crippen LogP contribution in [0.5, 0.6) is 0 Å². The Morgan fingerprint density at radius 3 is 2.68 bits per heavy atom. The summed E-state index contributed by atoms with van der Waals surface area (Å²) < 4.78 is 0. The third kappa shape index (κ3) is 3.32. The zero-order valence-electron chi connectivity index (χ0n) is 12.4. The average Bonchev–Trinajstić information content (AvgIpc) is 2.67. The Labute approximate surface area is 120 Å². The lowest BCUT2D eigenvalue weighted by Crippen LogP contribution is -2.28. The van der Waals surface area contributed by atoms with Gasteiger partial charge in [0.05, 0.1) is 0 Å².